The first-order valence-electron chi connectivity index (χ1n) is 4.60. The second kappa shape index (κ2) is 4.63. The highest BCUT2D eigenvalue weighted by atomic mass is 35.5. The van der Waals surface area contributed by atoms with Gasteiger partial charge in [0, 0.05) is 17.8 Å². The number of pyridine rings is 1. The van der Waals surface area contributed by atoms with Gasteiger partial charge in [-0.1, -0.05) is 17.7 Å². The second-order valence-corrected chi connectivity index (χ2v) is 3.61. The number of hydrogen-bond acceptors (Lipinski definition) is 2. The Balaban J connectivity index is 2.31. The summed E-state index contributed by atoms with van der Waals surface area (Å²) in [6.45, 7) is 0. The van der Waals surface area contributed by atoms with Gasteiger partial charge < -0.3 is 5.32 Å². The van der Waals surface area contributed by atoms with Crippen LogP contribution in [0.3, 0.4) is 0 Å². The van der Waals surface area contributed by atoms with Crippen molar-refractivity contribution in [2.75, 3.05) is 5.32 Å². The van der Waals surface area contributed by atoms with E-state index in [1.165, 1.54) is 0 Å². The number of hydrogen-bond donors (Lipinski definition) is 1. The van der Waals surface area contributed by atoms with Gasteiger partial charge in [0.1, 0.15) is 11.0 Å². The van der Waals surface area contributed by atoms with E-state index in [1.54, 1.807) is 18.2 Å². The van der Waals surface area contributed by atoms with Crippen molar-refractivity contribution >= 4 is 23.1 Å². The lowest BCUT2D eigenvalue weighted by molar-refractivity contribution is 0.448. The predicted molar refractivity (Wildman–Crippen MR) is 58.8 cm³/mol. The molecule has 17 heavy (non-hydrogen) atoms. The molecule has 88 valence electrons. The number of nitrogens with zero attached hydrogens (tertiary/aromatic N) is 1. The van der Waals surface area contributed by atoms with Gasteiger partial charge in [-0.3, -0.25) is 0 Å². The minimum absolute atomic E-state index is 0.0520. The third kappa shape index (κ3) is 2.68. The third-order valence-corrected chi connectivity index (χ3v) is 2.18. The Morgan fingerprint density at radius 3 is 2.29 bits per heavy atom. The van der Waals surface area contributed by atoms with Crippen LogP contribution in [0.25, 0.3) is 0 Å². The molecule has 2 nitrogen and oxygen atoms in total. The molecule has 2 aromatic rings. The zero-order chi connectivity index (χ0) is 12.4. The van der Waals surface area contributed by atoms with Gasteiger partial charge >= 0.3 is 0 Å². The monoisotopic (exact) mass is 258 g/mol. The van der Waals surface area contributed by atoms with Crippen LogP contribution in [0, 0.1) is 17.5 Å². The lowest BCUT2D eigenvalue weighted by Crippen LogP contribution is -1.97. The van der Waals surface area contributed by atoms with E-state index >= 15 is 0 Å². The largest absolute Gasteiger partial charge is 0.340 e. The first kappa shape index (κ1) is 11.7. The van der Waals surface area contributed by atoms with Crippen molar-refractivity contribution in [1.82, 2.24) is 4.98 Å². The van der Waals surface area contributed by atoms with Crippen LogP contribution in [0.4, 0.5) is 24.7 Å². The van der Waals surface area contributed by atoms with Gasteiger partial charge in [-0.2, -0.15) is 0 Å². The van der Waals surface area contributed by atoms with Gasteiger partial charge in [0.05, 0.1) is 0 Å². The van der Waals surface area contributed by atoms with E-state index < -0.39 is 17.5 Å². The summed E-state index contributed by atoms with van der Waals surface area (Å²) in [5.74, 6) is -3.73. The van der Waals surface area contributed by atoms with E-state index in [4.69, 9.17) is 11.6 Å². The van der Waals surface area contributed by atoms with Crippen LogP contribution in [0.15, 0.2) is 30.3 Å². The smallest absolute Gasteiger partial charge is 0.194 e. The highest BCUT2D eigenvalue weighted by Gasteiger charge is 2.10. The minimum atomic E-state index is -1.50. The molecule has 6 heteroatoms. The van der Waals surface area contributed by atoms with Crippen LogP contribution in [0.5, 0.6) is 0 Å². The van der Waals surface area contributed by atoms with Crippen LogP contribution in [0.1, 0.15) is 0 Å². The molecule has 1 N–H and O–H groups in total. The van der Waals surface area contributed by atoms with Crippen LogP contribution < -0.4 is 5.32 Å². The molecule has 0 aliphatic carbocycles. The van der Waals surface area contributed by atoms with Crippen molar-refractivity contribution < 1.29 is 13.2 Å². The number of halogens is 4. The highest BCUT2D eigenvalue weighted by Crippen LogP contribution is 2.21. The Hall–Kier alpha value is -1.75. The quantitative estimate of drug-likeness (QED) is 0.653. The van der Waals surface area contributed by atoms with Crippen LogP contribution >= 0.6 is 11.6 Å². The molecule has 1 heterocycles. The molecule has 0 saturated carbocycles. The van der Waals surface area contributed by atoms with E-state index in [0.717, 1.165) is 12.1 Å². The van der Waals surface area contributed by atoms with Gasteiger partial charge in [-0.15, -0.1) is 0 Å². The van der Waals surface area contributed by atoms with Crippen molar-refractivity contribution in [2.45, 2.75) is 0 Å². The maximum Gasteiger partial charge on any atom is 0.194 e. The lowest BCUT2D eigenvalue weighted by atomic mass is 10.3. The number of aromatic nitrogens is 1. The molecule has 0 aliphatic heterocycles. The summed E-state index contributed by atoms with van der Waals surface area (Å²) in [6, 6.07) is 6.40. The van der Waals surface area contributed by atoms with Crippen molar-refractivity contribution in [3.63, 3.8) is 0 Å². The van der Waals surface area contributed by atoms with Crippen molar-refractivity contribution in [2.24, 2.45) is 0 Å². The molecule has 0 saturated heterocycles. The van der Waals surface area contributed by atoms with Gasteiger partial charge in [0.25, 0.3) is 0 Å². The molecular formula is C11H6ClF3N2. The van der Waals surface area contributed by atoms with Crippen LogP contribution in [0.2, 0.25) is 5.15 Å². The fourth-order valence-corrected chi connectivity index (χ4v) is 1.42. The van der Waals surface area contributed by atoms with Gasteiger partial charge in [-0.05, 0) is 12.1 Å². The summed E-state index contributed by atoms with van der Waals surface area (Å²) in [7, 11) is 0. The van der Waals surface area contributed by atoms with Crippen molar-refractivity contribution in [3.8, 4) is 0 Å². The predicted octanol–water partition coefficient (Wildman–Crippen LogP) is 3.90. The van der Waals surface area contributed by atoms with Gasteiger partial charge in [0.15, 0.2) is 17.5 Å². The molecule has 2 rings (SSSR count). The Labute approximate surface area is 100 Å². The summed E-state index contributed by atoms with van der Waals surface area (Å²) in [5, 5.41) is 2.85. The number of nitrogens with one attached hydrogen (secondary N) is 1. The number of benzene rings is 1. The summed E-state index contributed by atoms with van der Waals surface area (Å²) in [6.07, 6.45) is 0. The Morgan fingerprint density at radius 1 is 1.06 bits per heavy atom. The molecule has 1 aromatic heterocycles. The molecule has 0 unspecified atom stereocenters. The Kier molecular flexibility index (Phi) is 3.19. The van der Waals surface area contributed by atoms with E-state index in [9.17, 15) is 13.2 Å². The molecule has 0 fully saturated rings. The molecule has 0 radical (unpaired) electrons. The maximum absolute atomic E-state index is 12.9. The fraction of sp³-hybridized carbons (Fsp3) is 0. The van der Waals surface area contributed by atoms with E-state index in [1.807, 2.05) is 0 Å². The minimum Gasteiger partial charge on any atom is -0.340 e. The number of anilines is 2. The summed E-state index contributed by atoms with van der Waals surface area (Å²) < 4.78 is 38.5. The van der Waals surface area contributed by atoms with Gasteiger partial charge in [-0.25, -0.2) is 18.2 Å². The van der Waals surface area contributed by atoms with E-state index in [-0.39, 0.29) is 10.8 Å². The zero-order valence-corrected chi connectivity index (χ0v) is 9.10. The Morgan fingerprint density at radius 2 is 1.71 bits per heavy atom. The van der Waals surface area contributed by atoms with Crippen molar-refractivity contribution in [3.05, 3.63) is 52.9 Å². The second-order valence-electron chi connectivity index (χ2n) is 3.22. The summed E-state index contributed by atoms with van der Waals surface area (Å²) >= 11 is 5.64. The SMILES string of the molecule is Fc1cc(Nc2cccc(Cl)n2)cc(F)c1F. The maximum atomic E-state index is 12.9. The molecule has 0 aliphatic rings. The fourth-order valence-electron chi connectivity index (χ4n) is 1.25. The van der Waals surface area contributed by atoms with Crippen LogP contribution in [-0.2, 0) is 0 Å². The molecule has 0 spiro atoms. The molecular weight excluding hydrogens is 253 g/mol. The molecule has 0 bridgehead atoms. The number of rotatable bonds is 2. The first-order chi connectivity index (χ1) is 8.06. The van der Waals surface area contributed by atoms with E-state index in [0.29, 0.717) is 5.82 Å². The third-order valence-electron chi connectivity index (χ3n) is 1.97. The molecule has 0 atom stereocenters. The van der Waals surface area contributed by atoms with Gasteiger partial charge in [0.2, 0.25) is 0 Å². The molecule has 1 aromatic carbocycles. The van der Waals surface area contributed by atoms with Crippen molar-refractivity contribution in [1.29, 1.82) is 0 Å². The standard InChI is InChI=1S/C11H6ClF3N2/c12-9-2-1-3-10(17-9)16-6-4-7(13)11(15)8(14)5-6/h1-5H,(H,16,17). The van der Waals surface area contributed by atoms with Crippen LogP contribution in [-0.4, -0.2) is 4.98 Å². The zero-order valence-electron chi connectivity index (χ0n) is 8.35. The Bertz CT molecular complexity index is 537. The van der Waals surface area contributed by atoms with E-state index in [2.05, 4.69) is 10.3 Å². The molecule has 0 amide bonds. The lowest BCUT2D eigenvalue weighted by Gasteiger charge is -2.06. The summed E-state index contributed by atoms with van der Waals surface area (Å²) in [5.41, 5.74) is 0.0520. The highest BCUT2D eigenvalue weighted by molar-refractivity contribution is 6.29. The summed E-state index contributed by atoms with van der Waals surface area (Å²) in [4.78, 5) is 3.87. The average Bonchev–Trinajstić information content (AvgIpc) is 2.26. The first-order valence-corrected chi connectivity index (χ1v) is 4.98. The topological polar surface area (TPSA) is 24.9 Å². The average molecular weight is 259 g/mol. The normalized spacial score (nSPS) is 10.4.